The van der Waals surface area contributed by atoms with Crippen molar-refractivity contribution < 1.29 is 4.39 Å². The van der Waals surface area contributed by atoms with Gasteiger partial charge in [0, 0.05) is 24.2 Å². The van der Waals surface area contributed by atoms with Crippen molar-refractivity contribution >= 4 is 0 Å². The lowest BCUT2D eigenvalue weighted by molar-refractivity contribution is 0.518. The van der Waals surface area contributed by atoms with Gasteiger partial charge in [-0.25, -0.2) is 9.37 Å². The van der Waals surface area contributed by atoms with Crippen LogP contribution in [0.25, 0.3) is 0 Å². The molecule has 1 aromatic heterocycles. The average Bonchev–Trinajstić information content (AvgIpc) is 2.80. The van der Waals surface area contributed by atoms with E-state index in [0.29, 0.717) is 5.56 Å². The topological polar surface area (TPSA) is 40.7 Å². The maximum absolute atomic E-state index is 13.9. The summed E-state index contributed by atoms with van der Waals surface area (Å²) in [6.45, 7) is 2.81. The van der Waals surface area contributed by atoms with Crippen molar-refractivity contribution in [2.45, 2.75) is 19.4 Å². The van der Waals surface area contributed by atoms with Crippen LogP contribution in [0.3, 0.4) is 0 Å². The molecule has 3 nitrogen and oxygen atoms in total. The Bertz CT molecular complexity index is 547. The minimum Gasteiger partial charge on any atom is -0.348 e. The number of benzene rings is 1. The summed E-state index contributed by atoms with van der Waals surface area (Å²) in [6.07, 6.45) is 2.59. The third-order valence-corrected chi connectivity index (χ3v) is 3.21. The molecule has 0 aliphatic carbocycles. The van der Waals surface area contributed by atoms with Crippen molar-refractivity contribution in [2.24, 2.45) is 0 Å². The molecule has 0 bridgehead atoms. The number of fused-ring (bicyclic) bond motifs is 1. The Morgan fingerprint density at radius 2 is 2.29 bits per heavy atom. The summed E-state index contributed by atoms with van der Waals surface area (Å²) in [6, 6.07) is 5.06. The number of halogens is 1. The fourth-order valence-corrected chi connectivity index (χ4v) is 2.36. The van der Waals surface area contributed by atoms with Crippen LogP contribution < -0.4 is 5.32 Å². The van der Waals surface area contributed by atoms with Gasteiger partial charge >= 0.3 is 0 Å². The standard InChI is InChI=1S/C13H14FN3/c1-8-2-3-10(14)9(6-8)12-13-11(4-5-15-12)16-7-17-13/h2-3,6-7,12,15H,4-5H2,1H3,(H,16,17)/t12-/m0/s1. The Kier molecular flexibility index (Phi) is 2.44. The summed E-state index contributed by atoms with van der Waals surface area (Å²) in [7, 11) is 0. The molecule has 1 aromatic carbocycles. The van der Waals surface area contributed by atoms with Gasteiger partial charge in [-0.3, -0.25) is 0 Å². The minimum atomic E-state index is -0.177. The van der Waals surface area contributed by atoms with E-state index in [1.165, 1.54) is 6.07 Å². The molecule has 1 aliphatic heterocycles. The molecule has 2 N–H and O–H groups in total. The van der Waals surface area contributed by atoms with E-state index in [2.05, 4.69) is 15.3 Å². The number of rotatable bonds is 1. The zero-order valence-corrected chi connectivity index (χ0v) is 9.63. The van der Waals surface area contributed by atoms with Gasteiger partial charge in [0.2, 0.25) is 0 Å². The summed E-state index contributed by atoms with van der Waals surface area (Å²) < 4.78 is 13.9. The van der Waals surface area contributed by atoms with Crippen LogP contribution in [0.15, 0.2) is 24.5 Å². The highest BCUT2D eigenvalue weighted by Gasteiger charge is 2.25. The molecule has 88 valence electrons. The first-order valence-corrected chi connectivity index (χ1v) is 5.77. The van der Waals surface area contributed by atoms with Crippen LogP contribution in [-0.2, 0) is 6.42 Å². The van der Waals surface area contributed by atoms with Crippen molar-refractivity contribution in [1.29, 1.82) is 0 Å². The maximum atomic E-state index is 13.9. The van der Waals surface area contributed by atoms with Crippen molar-refractivity contribution in [2.75, 3.05) is 6.54 Å². The Morgan fingerprint density at radius 1 is 1.41 bits per heavy atom. The van der Waals surface area contributed by atoms with E-state index in [1.807, 2.05) is 13.0 Å². The molecule has 1 aliphatic rings. The predicted molar refractivity (Wildman–Crippen MR) is 63.3 cm³/mol. The van der Waals surface area contributed by atoms with Gasteiger partial charge in [-0.15, -0.1) is 0 Å². The van der Waals surface area contributed by atoms with Gasteiger partial charge in [0.1, 0.15) is 5.82 Å². The fourth-order valence-electron chi connectivity index (χ4n) is 2.36. The molecule has 17 heavy (non-hydrogen) atoms. The Labute approximate surface area is 99.1 Å². The SMILES string of the molecule is Cc1ccc(F)c([C@@H]2NCCc3[nH]cnc32)c1. The molecule has 1 atom stereocenters. The molecule has 3 rings (SSSR count). The first-order chi connectivity index (χ1) is 8.25. The molecule has 4 heteroatoms. The highest BCUT2D eigenvalue weighted by atomic mass is 19.1. The van der Waals surface area contributed by atoms with Gasteiger partial charge in [0.25, 0.3) is 0 Å². The molecule has 0 amide bonds. The maximum Gasteiger partial charge on any atom is 0.128 e. The number of hydrogen-bond acceptors (Lipinski definition) is 2. The number of aryl methyl sites for hydroxylation is 1. The van der Waals surface area contributed by atoms with Crippen LogP contribution in [0.1, 0.15) is 28.6 Å². The normalized spacial score (nSPS) is 19.1. The number of aromatic amines is 1. The van der Waals surface area contributed by atoms with Gasteiger partial charge in [0.05, 0.1) is 18.1 Å². The highest BCUT2D eigenvalue weighted by molar-refractivity contribution is 5.35. The summed E-state index contributed by atoms with van der Waals surface area (Å²) in [5, 5.41) is 3.32. The number of nitrogens with zero attached hydrogens (tertiary/aromatic N) is 1. The van der Waals surface area contributed by atoms with E-state index in [0.717, 1.165) is 29.9 Å². The van der Waals surface area contributed by atoms with Crippen LogP contribution in [0.2, 0.25) is 0 Å². The van der Waals surface area contributed by atoms with Crippen molar-refractivity contribution in [3.05, 3.63) is 52.9 Å². The monoisotopic (exact) mass is 231 g/mol. The fraction of sp³-hybridized carbons (Fsp3) is 0.308. The van der Waals surface area contributed by atoms with Crippen LogP contribution in [0, 0.1) is 12.7 Å². The zero-order chi connectivity index (χ0) is 11.8. The second-order valence-electron chi connectivity index (χ2n) is 4.43. The van der Waals surface area contributed by atoms with Crippen LogP contribution in [-0.4, -0.2) is 16.5 Å². The second kappa shape index (κ2) is 3.96. The first-order valence-electron chi connectivity index (χ1n) is 5.77. The van der Waals surface area contributed by atoms with Crippen molar-refractivity contribution in [3.63, 3.8) is 0 Å². The number of H-pyrrole nitrogens is 1. The number of imidazole rings is 1. The van der Waals surface area contributed by atoms with E-state index in [-0.39, 0.29) is 11.9 Å². The summed E-state index contributed by atoms with van der Waals surface area (Å²) in [5.41, 5.74) is 3.76. The quantitative estimate of drug-likeness (QED) is 0.789. The molecule has 0 spiro atoms. The zero-order valence-electron chi connectivity index (χ0n) is 9.63. The van der Waals surface area contributed by atoms with Gasteiger partial charge in [0.15, 0.2) is 0 Å². The van der Waals surface area contributed by atoms with Crippen LogP contribution in [0.4, 0.5) is 4.39 Å². The molecule has 0 fully saturated rings. The molecule has 2 heterocycles. The number of aromatic nitrogens is 2. The van der Waals surface area contributed by atoms with Gasteiger partial charge in [-0.2, -0.15) is 0 Å². The van der Waals surface area contributed by atoms with E-state index in [9.17, 15) is 4.39 Å². The smallest absolute Gasteiger partial charge is 0.128 e. The number of nitrogens with one attached hydrogen (secondary N) is 2. The lowest BCUT2D eigenvalue weighted by Crippen LogP contribution is -2.31. The summed E-state index contributed by atoms with van der Waals surface area (Å²) in [4.78, 5) is 7.42. The molecular formula is C13H14FN3. The van der Waals surface area contributed by atoms with Crippen LogP contribution >= 0.6 is 0 Å². The van der Waals surface area contributed by atoms with Crippen molar-refractivity contribution in [1.82, 2.24) is 15.3 Å². The lowest BCUT2D eigenvalue weighted by atomic mass is 9.96. The predicted octanol–water partition coefficient (Wildman–Crippen LogP) is 2.09. The number of hydrogen-bond donors (Lipinski definition) is 2. The van der Waals surface area contributed by atoms with Gasteiger partial charge in [-0.1, -0.05) is 17.7 Å². The van der Waals surface area contributed by atoms with E-state index in [4.69, 9.17) is 0 Å². The van der Waals surface area contributed by atoms with E-state index in [1.54, 1.807) is 12.4 Å². The molecule has 0 saturated heterocycles. The molecule has 0 unspecified atom stereocenters. The largest absolute Gasteiger partial charge is 0.348 e. The van der Waals surface area contributed by atoms with Gasteiger partial charge in [-0.05, 0) is 13.0 Å². The minimum absolute atomic E-state index is 0.134. The molecule has 0 radical (unpaired) electrons. The Hall–Kier alpha value is -1.68. The van der Waals surface area contributed by atoms with Crippen LogP contribution in [0.5, 0.6) is 0 Å². The molecular weight excluding hydrogens is 217 g/mol. The Morgan fingerprint density at radius 3 is 3.18 bits per heavy atom. The molecule has 2 aromatic rings. The third kappa shape index (κ3) is 1.74. The van der Waals surface area contributed by atoms with Crippen molar-refractivity contribution in [3.8, 4) is 0 Å². The molecule has 0 saturated carbocycles. The summed E-state index contributed by atoms with van der Waals surface area (Å²) in [5.74, 6) is -0.177. The van der Waals surface area contributed by atoms with Gasteiger partial charge < -0.3 is 10.3 Å². The van der Waals surface area contributed by atoms with E-state index < -0.39 is 0 Å². The Balaban J connectivity index is 2.09. The first kappa shape index (κ1) is 10.5. The third-order valence-electron chi connectivity index (χ3n) is 3.21. The van der Waals surface area contributed by atoms with E-state index >= 15 is 0 Å². The lowest BCUT2D eigenvalue weighted by Gasteiger charge is -2.24. The highest BCUT2D eigenvalue weighted by Crippen LogP contribution is 2.28. The second-order valence-corrected chi connectivity index (χ2v) is 4.43. The average molecular weight is 231 g/mol. The summed E-state index contributed by atoms with van der Waals surface area (Å²) >= 11 is 0.